The van der Waals surface area contributed by atoms with Crippen LogP contribution in [0, 0.1) is 6.92 Å². The van der Waals surface area contributed by atoms with Crippen LogP contribution in [-0.2, 0) is 15.9 Å². The lowest BCUT2D eigenvalue weighted by molar-refractivity contribution is 0.0206. The standard InChI is InChI=1S/C19H26N2O2/c1-3-16-14(2)21-18-9-5-4-8-17(18)19(16)20-10-12-22-13-15-7-6-11-23-15/h4-5,8-9,15H,3,6-7,10-13H2,1-2H3,(H,20,21). The molecule has 1 saturated heterocycles. The van der Waals surface area contributed by atoms with Crippen LogP contribution >= 0.6 is 0 Å². The van der Waals surface area contributed by atoms with Crippen molar-refractivity contribution in [3.63, 3.8) is 0 Å². The third-order valence-corrected chi connectivity index (χ3v) is 4.43. The number of benzene rings is 1. The van der Waals surface area contributed by atoms with Crippen molar-refractivity contribution in [3.8, 4) is 0 Å². The van der Waals surface area contributed by atoms with Crippen molar-refractivity contribution in [2.24, 2.45) is 0 Å². The minimum Gasteiger partial charge on any atom is -0.382 e. The molecule has 1 aromatic carbocycles. The van der Waals surface area contributed by atoms with Crippen LogP contribution in [0.2, 0.25) is 0 Å². The Kier molecular flexibility index (Phi) is 5.47. The minimum atomic E-state index is 0.296. The van der Waals surface area contributed by atoms with Crippen molar-refractivity contribution in [2.45, 2.75) is 39.2 Å². The number of nitrogens with one attached hydrogen (secondary N) is 1. The summed E-state index contributed by atoms with van der Waals surface area (Å²) in [5.41, 5.74) is 4.65. The van der Waals surface area contributed by atoms with Crippen LogP contribution in [0.15, 0.2) is 24.3 Å². The second kappa shape index (κ2) is 7.75. The first-order valence-electron chi connectivity index (χ1n) is 8.61. The molecule has 1 aliphatic heterocycles. The zero-order chi connectivity index (χ0) is 16.1. The topological polar surface area (TPSA) is 43.4 Å². The van der Waals surface area contributed by atoms with Crippen LogP contribution in [-0.4, -0.2) is 37.5 Å². The summed E-state index contributed by atoms with van der Waals surface area (Å²) in [5, 5.41) is 4.76. The number of pyridine rings is 1. The first-order chi connectivity index (χ1) is 11.3. The minimum absolute atomic E-state index is 0.296. The number of fused-ring (bicyclic) bond motifs is 1. The first kappa shape index (κ1) is 16.2. The van der Waals surface area contributed by atoms with E-state index < -0.39 is 0 Å². The van der Waals surface area contributed by atoms with Gasteiger partial charge in [-0.15, -0.1) is 0 Å². The van der Waals surface area contributed by atoms with Gasteiger partial charge in [0.2, 0.25) is 0 Å². The molecule has 0 amide bonds. The number of para-hydroxylation sites is 1. The van der Waals surface area contributed by atoms with Crippen molar-refractivity contribution < 1.29 is 9.47 Å². The summed E-state index contributed by atoms with van der Waals surface area (Å²) >= 11 is 0. The molecule has 1 aromatic heterocycles. The lowest BCUT2D eigenvalue weighted by Gasteiger charge is -2.17. The Morgan fingerprint density at radius 3 is 3.00 bits per heavy atom. The number of aromatic nitrogens is 1. The molecular weight excluding hydrogens is 288 g/mol. The maximum absolute atomic E-state index is 5.75. The molecule has 0 radical (unpaired) electrons. The third-order valence-electron chi connectivity index (χ3n) is 4.43. The SMILES string of the molecule is CCc1c(C)nc2ccccc2c1NCCOCC1CCCO1. The molecular formula is C19H26N2O2. The van der Waals surface area contributed by atoms with E-state index in [9.17, 15) is 0 Å². The molecule has 124 valence electrons. The van der Waals surface area contributed by atoms with E-state index in [1.165, 1.54) is 16.6 Å². The molecule has 23 heavy (non-hydrogen) atoms. The van der Waals surface area contributed by atoms with Crippen molar-refractivity contribution >= 4 is 16.6 Å². The Balaban J connectivity index is 1.64. The molecule has 1 N–H and O–H groups in total. The van der Waals surface area contributed by atoms with Crippen LogP contribution in [0.4, 0.5) is 5.69 Å². The Bertz CT molecular complexity index is 651. The summed E-state index contributed by atoms with van der Waals surface area (Å²) in [6.45, 7) is 7.35. The number of rotatable bonds is 7. The molecule has 4 heteroatoms. The lowest BCUT2D eigenvalue weighted by atomic mass is 10.0. The number of aryl methyl sites for hydroxylation is 1. The van der Waals surface area contributed by atoms with Crippen LogP contribution in [0.1, 0.15) is 31.0 Å². The molecule has 1 atom stereocenters. The number of hydrogen-bond acceptors (Lipinski definition) is 4. The fourth-order valence-electron chi connectivity index (χ4n) is 3.25. The first-order valence-corrected chi connectivity index (χ1v) is 8.61. The molecule has 0 bridgehead atoms. The highest BCUT2D eigenvalue weighted by Gasteiger charge is 2.15. The Morgan fingerprint density at radius 2 is 2.22 bits per heavy atom. The van der Waals surface area contributed by atoms with Gasteiger partial charge in [0.15, 0.2) is 0 Å². The van der Waals surface area contributed by atoms with Gasteiger partial charge in [0.05, 0.1) is 24.8 Å². The molecule has 0 spiro atoms. The second-order valence-corrected chi connectivity index (χ2v) is 6.06. The van der Waals surface area contributed by atoms with Gasteiger partial charge in [0.25, 0.3) is 0 Å². The van der Waals surface area contributed by atoms with Gasteiger partial charge in [-0.3, -0.25) is 4.98 Å². The van der Waals surface area contributed by atoms with E-state index in [2.05, 4.69) is 37.4 Å². The highest BCUT2D eigenvalue weighted by atomic mass is 16.5. The van der Waals surface area contributed by atoms with E-state index in [4.69, 9.17) is 14.5 Å². The Labute approximate surface area is 138 Å². The predicted octanol–water partition coefficient (Wildman–Crippen LogP) is 3.71. The van der Waals surface area contributed by atoms with Crippen molar-refractivity contribution in [1.29, 1.82) is 0 Å². The van der Waals surface area contributed by atoms with Crippen LogP contribution < -0.4 is 5.32 Å². The van der Waals surface area contributed by atoms with Gasteiger partial charge in [0, 0.05) is 29.9 Å². The molecule has 0 saturated carbocycles. The van der Waals surface area contributed by atoms with Gasteiger partial charge in [-0.25, -0.2) is 0 Å². The van der Waals surface area contributed by atoms with Gasteiger partial charge in [0.1, 0.15) is 0 Å². The van der Waals surface area contributed by atoms with Crippen molar-refractivity contribution in [1.82, 2.24) is 4.98 Å². The molecule has 1 aliphatic rings. The van der Waals surface area contributed by atoms with E-state index in [1.807, 2.05) is 6.07 Å². The summed E-state index contributed by atoms with van der Waals surface area (Å²) in [6.07, 6.45) is 3.56. The Hall–Kier alpha value is -1.65. The maximum Gasteiger partial charge on any atom is 0.0809 e. The van der Waals surface area contributed by atoms with E-state index in [0.717, 1.165) is 43.6 Å². The normalized spacial score (nSPS) is 17.7. The molecule has 0 aliphatic carbocycles. The van der Waals surface area contributed by atoms with Gasteiger partial charge in [-0.05, 0) is 37.8 Å². The van der Waals surface area contributed by atoms with Crippen molar-refractivity contribution in [2.75, 3.05) is 31.7 Å². The van der Waals surface area contributed by atoms with E-state index in [1.54, 1.807) is 0 Å². The summed E-state index contributed by atoms with van der Waals surface area (Å²) in [7, 11) is 0. The van der Waals surface area contributed by atoms with Crippen molar-refractivity contribution in [3.05, 3.63) is 35.5 Å². The highest BCUT2D eigenvalue weighted by molar-refractivity contribution is 5.93. The molecule has 2 aromatic rings. The molecule has 1 unspecified atom stereocenters. The second-order valence-electron chi connectivity index (χ2n) is 6.06. The highest BCUT2D eigenvalue weighted by Crippen LogP contribution is 2.28. The van der Waals surface area contributed by atoms with E-state index in [-0.39, 0.29) is 0 Å². The van der Waals surface area contributed by atoms with Gasteiger partial charge in [-0.1, -0.05) is 25.1 Å². The van der Waals surface area contributed by atoms with Gasteiger partial charge >= 0.3 is 0 Å². The fraction of sp³-hybridized carbons (Fsp3) is 0.526. The number of anilines is 1. The van der Waals surface area contributed by atoms with Gasteiger partial charge in [-0.2, -0.15) is 0 Å². The van der Waals surface area contributed by atoms with Crippen LogP contribution in [0.3, 0.4) is 0 Å². The maximum atomic E-state index is 5.75. The van der Waals surface area contributed by atoms with E-state index in [0.29, 0.717) is 19.3 Å². The molecule has 1 fully saturated rings. The quantitative estimate of drug-likeness (QED) is 0.791. The zero-order valence-electron chi connectivity index (χ0n) is 14.1. The Morgan fingerprint density at radius 1 is 1.35 bits per heavy atom. The number of hydrogen-bond donors (Lipinski definition) is 1. The zero-order valence-corrected chi connectivity index (χ0v) is 14.1. The largest absolute Gasteiger partial charge is 0.382 e. The summed E-state index contributed by atoms with van der Waals surface area (Å²) < 4.78 is 11.3. The summed E-state index contributed by atoms with van der Waals surface area (Å²) in [5.74, 6) is 0. The molecule has 3 rings (SSSR count). The average molecular weight is 314 g/mol. The van der Waals surface area contributed by atoms with Gasteiger partial charge < -0.3 is 14.8 Å². The predicted molar refractivity (Wildman–Crippen MR) is 94.1 cm³/mol. The number of ether oxygens (including phenoxy) is 2. The monoisotopic (exact) mass is 314 g/mol. The van der Waals surface area contributed by atoms with Crippen LogP contribution in [0.25, 0.3) is 10.9 Å². The molecule has 2 heterocycles. The summed E-state index contributed by atoms with van der Waals surface area (Å²) in [6, 6.07) is 8.31. The summed E-state index contributed by atoms with van der Waals surface area (Å²) in [4.78, 5) is 4.72. The number of nitrogens with zero attached hydrogens (tertiary/aromatic N) is 1. The smallest absolute Gasteiger partial charge is 0.0809 e. The fourth-order valence-corrected chi connectivity index (χ4v) is 3.25. The third kappa shape index (κ3) is 3.82. The van der Waals surface area contributed by atoms with Crippen LogP contribution in [0.5, 0.6) is 0 Å². The lowest BCUT2D eigenvalue weighted by Crippen LogP contribution is -2.18. The molecule has 4 nitrogen and oxygen atoms in total. The average Bonchev–Trinajstić information content (AvgIpc) is 3.07. The van der Waals surface area contributed by atoms with E-state index >= 15 is 0 Å².